The SMILES string of the molecule is COCCOCCOCCOCCOCC1(C)COCOC1. The predicted octanol–water partition coefficient (Wildman–Crippen LogP) is 0.710. The van der Waals surface area contributed by atoms with Crippen molar-refractivity contribution in [2.45, 2.75) is 6.92 Å². The summed E-state index contributed by atoms with van der Waals surface area (Å²) in [5, 5.41) is 0. The average molecular weight is 322 g/mol. The second-order valence-electron chi connectivity index (χ2n) is 5.51. The fraction of sp³-hybridized carbons (Fsp3) is 1.00. The highest BCUT2D eigenvalue weighted by molar-refractivity contribution is 4.74. The van der Waals surface area contributed by atoms with Crippen LogP contribution in [0.25, 0.3) is 0 Å². The lowest BCUT2D eigenvalue weighted by Gasteiger charge is -2.32. The minimum absolute atomic E-state index is 0.0514. The lowest BCUT2D eigenvalue weighted by atomic mass is 9.94. The highest BCUT2D eigenvalue weighted by Gasteiger charge is 2.28. The van der Waals surface area contributed by atoms with Crippen molar-refractivity contribution >= 4 is 0 Å². The summed E-state index contributed by atoms with van der Waals surface area (Å²) in [6, 6.07) is 0. The standard InChI is InChI=1S/C15H30O7/c1-15(12-21-14-22-13-15)11-20-10-9-19-8-7-18-6-5-17-4-3-16-2/h3-14H2,1-2H3. The van der Waals surface area contributed by atoms with Gasteiger partial charge in [0.15, 0.2) is 0 Å². The van der Waals surface area contributed by atoms with Crippen LogP contribution in [-0.4, -0.2) is 86.6 Å². The van der Waals surface area contributed by atoms with Crippen molar-refractivity contribution in [3.8, 4) is 0 Å². The molecule has 0 unspecified atom stereocenters. The first-order valence-electron chi connectivity index (χ1n) is 7.72. The van der Waals surface area contributed by atoms with Crippen molar-refractivity contribution in [1.82, 2.24) is 0 Å². The van der Waals surface area contributed by atoms with Gasteiger partial charge in [-0.3, -0.25) is 0 Å². The van der Waals surface area contributed by atoms with Crippen LogP contribution in [0.1, 0.15) is 6.92 Å². The number of hydrogen-bond donors (Lipinski definition) is 0. The molecular formula is C15H30O7. The molecule has 0 aliphatic carbocycles. The van der Waals surface area contributed by atoms with Crippen molar-refractivity contribution < 1.29 is 33.2 Å². The minimum Gasteiger partial charge on any atom is -0.382 e. The normalized spacial score (nSPS) is 17.7. The van der Waals surface area contributed by atoms with Gasteiger partial charge in [-0.05, 0) is 0 Å². The summed E-state index contributed by atoms with van der Waals surface area (Å²) in [6.07, 6.45) is 0. The molecule has 0 atom stereocenters. The number of methoxy groups -OCH3 is 1. The molecule has 0 aromatic carbocycles. The van der Waals surface area contributed by atoms with Crippen LogP contribution in [0.3, 0.4) is 0 Å². The van der Waals surface area contributed by atoms with Gasteiger partial charge < -0.3 is 33.2 Å². The molecular weight excluding hydrogens is 292 g/mol. The van der Waals surface area contributed by atoms with Gasteiger partial charge in [0.1, 0.15) is 6.79 Å². The van der Waals surface area contributed by atoms with Gasteiger partial charge in [-0.25, -0.2) is 0 Å². The molecule has 132 valence electrons. The summed E-state index contributed by atoms with van der Waals surface area (Å²) in [7, 11) is 1.65. The van der Waals surface area contributed by atoms with Crippen molar-refractivity contribution in [3.05, 3.63) is 0 Å². The molecule has 1 aliphatic rings. The number of ether oxygens (including phenoxy) is 7. The zero-order chi connectivity index (χ0) is 15.9. The van der Waals surface area contributed by atoms with Crippen LogP contribution in [0.15, 0.2) is 0 Å². The first-order chi connectivity index (χ1) is 10.8. The molecule has 1 aliphatic heterocycles. The molecule has 1 heterocycles. The van der Waals surface area contributed by atoms with Gasteiger partial charge in [-0.2, -0.15) is 0 Å². The Morgan fingerprint density at radius 1 is 0.727 bits per heavy atom. The van der Waals surface area contributed by atoms with Gasteiger partial charge >= 0.3 is 0 Å². The van der Waals surface area contributed by atoms with Crippen LogP contribution in [-0.2, 0) is 33.2 Å². The van der Waals surface area contributed by atoms with Crippen molar-refractivity contribution in [2.24, 2.45) is 5.41 Å². The largest absolute Gasteiger partial charge is 0.382 e. The first kappa shape index (κ1) is 19.8. The Balaban J connectivity index is 1.76. The molecule has 22 heavy (non-hydrogen) atoms. The second kappa shape index (κ2) is 13.2. The number of hydrogen-bond acceptors (Lipinski definition) is 7. The first-order valence-corrected chi connectivity index (χ1v) is 7.72. The molecule has 1 rings (SSSR count). The van der Waals surface area contributed by atoms with E-state index in [4.69, 9.17) is 33.2 Å². The molecule has 7 nitrogen and oxygen atoms in total. The van der Waals surface area contributed by atoms with Crippen LogP contribution < -0.4 is 0 Å². The van der Waals surface area contributed by atoms with Gasteiger partial charge in [-0.15, -0.1) is 0 Å². The van der Waals surface area contributed by atoms with Crippen molar-refractivity contribution in [1.29, 1.82) is 0 Å². The number of rotatable bonds is 14. The summed E-state index contributed by atoms with van der Waals surface area (Å²) >= 11 is 0. The van der Waals surface area contributed by atoms with Gasteiger partial charge in [0.2, 0.25) is 0 Å². The molecule has 0 spiro atoms. The summed E-state index contributed by atoms with van der Waals surface area (Å²) in [6.45, 7) is 9.05. The zero-order valence-electron chi connectivity index (χ0n) is 13.8. The van der Waals surface area contributed by atoms with Crippen LogP contribution in [0, 0.1) is 5.41 Å². The second-order valence-corrected chi connectivity index (χ2v) is 5.51. The Bertz CT molecular complexity index is 244. The Morgan fingerprint density at radius 3 is 1.68 bits per heavy atom. The molecule has 0 N–H and O–H groups in total. The van der Waals surface area contributed by atoms with Crippen molar-refractivity contribution in [3.63, 3.8) is 0 Å². The van der Waals surface area contributed by atoms with Gasteiger partial charge in [-0.1, -0.05) is 6.92 Å². The van der Waals surface area contributed by atoms with Crippen LogP contribution >= 0.6 is 0 Å². The van der Waals surface area contributed by atoms with E-state index in [9.17, 15) is 0 Å². The molecule has 0 saturated carbocycles. The van der Waals surface area contributed by atoms with Crippen LogP contribution in [0.4, 0.5) is 0 Å². The quantitative estimate of drug-likeness (QED) is 0.436. The lowest BCUT2D eigenvalue weighted by Crippen LogP contribution is -2.39. The topological polar surface area (TPSA) is 64.6 Å². The van der Waals surface area contributed by atoms with Gasteiger partial charge in [0.05, 0.1) is 72.7 Å². The molecule has 0 radical (unpaired) electrons. The molecule has 0 aromatic rings. The van der Waals surface area contributed by atoms with Gasteiger partial charge in [0, 0.05) is 12.5 Å². The minimum atomic E-state index is -0.0514. The maximum Gasteiger partial charge on any atom is 0.146 e. The predicted molar refractivity (Wildman–Crippen MR) is 80.0 cm³/mol. The van der Waals surface area contributed by atoms with Gasteiger partial charge in [0.25, 0.3) is 0 Å². The summed E-state index contributed by atoms with van der Waals surface area (Å²) < 4.78 is 37.1. The molecule has 1 saturated heterocycles. The smallest absolute Gasteiger partial charge is 0.146 e. The van der Waals surface area contributed by atoms with E-state index in [2.05, 4.69) is 6.92 Å². The summed E-state index contributed by atoms with van der Waals surface area (Å²) in [5.41, 5.74) is -0.0514. The van der Waals surface area contributed by atoms with E-state index in [0.717, 1.165) is 0 Å². The molecule has 0 amide bonds. The van der Waals surface area contributed by atoms with E-state index in [1.54, 1.807) is 7.11 Å². The van der Waals surface area contributed by atoms with Crippen LogP contribution in [0.5, 0.6) is 0 Å². The Hall–Kier alpha value is -0.280. The molecule has 0 aromatic heterocycles. The van der Waals surface area contributed by atoms with E-state index in [0.29, 0.717) is 79.5 Å². The Labute approximate surface area is 133 Å². The van der Waals surface area contributed by atoms with E-state index >= 15 is 0 Å². The Kier molecular flexibility index (Phi) is 11.8. The highest BCUT2D eigenvalue weighted by Crippen LogP contribution is 2.21. The van der Waals surface area contributed by atoms with Crippen molar-refractivity contribution in [2.75, 3.05) is 86.6 Å². The van der Waals surface area contributed by atoms with E-state index in [1.807, 2.05) is 0 Å². The summed E-state index contributed by atoms with van der Waals surface area (Å²) in [5.74, 6) is 0. The van der Waals surface area contributed by atoms with Crippen LogP contribution in [0.2, 0.25) is 0 Å². The molecule has 0 bridgehead atoms. The highest BCUT2D eigenvalue weighted by atomic mass is 16.7. The molecule has 1 fully saturated rings. The summed E-state index contributed by atoms with van der Waals surface area (Å²) in [4.78, 5) is 0. The van der Waals surface area contributed by atoms with E-state index in [-0.39, 0.29) is 5.41 Å². The fourth-order valence-electron chi connectivity index (χ4n) is 1.88. The van der Waals surface area contributed by atoms with E-state index in [1.165, 1.54) is 0 Å². The average Bonchev–Trinajstić information content (AvgIpc) is 2.52. The molecule has 7 heteroatoms. The third-order valence-electron chi connectivity index (χ3n) is 3.07. The fourth-order valence-corrected chi connectivity index (χ4v) is 1.88. The maximum atomic E-state index is 5.60. The third-order valence-corrected chi connectivity index (χ3v) is 3.07. The lowest BCUT2D eigenvalue weighted by molar-refractivity contribution is -0.176. The van der Waals surface area contributed by atoms with E-state index < -0.39 is 0 Å². The monoisotopic (exact) mass is 322 g/mol. The maximum absolute atomic E-state index is 5.60. The zero-order valence-corrected chi connectivity index (χ0v) is 13.8. The third kappa shape index (κ3) is 10.4. The Morgan fingerprint density at radius 2 is 1.18 bits per heavy atom.